The van der Waals surface area contributed by atoms with E-state index < -0.39 is 11.8 Å². The van der Waals surface area contributed by atoms with E-state index in [9.17, 15) is 9.59 Å². The molecular formula is C12H10ClN5O2. The first-order chi connectivity index (χ1) is 9.56. The van der Waals surface area contributed by atoms with Crippen LogP contribution >= 0.6 is 11.6 Å². The summed E-state index contributed by atoms with van der Waals surface area (Å²) in [5, 5.41) is 4.85. The average Bonchev–Trinajstić information content (AvgIpc) is 2.43. The lowest BCUT2D eigenvalue weighted by molar-refractivity contribution is -0.133. The van der Waals surface area contributed by atoms with E-state index in [4.69, 9.17) is 17.3 Å². The Labute approximate surface area is 119 Å². The van der Waals surface area contributed by atoms with Crippen molar-refractivity contribution in [2.75, 3.05) is 16.4 Å². The minimum absolute atomic E-state index is 0.0380. The fraction of sp³-hybridized carbons (Fsp3) is 0. The molecule has 4 N–H and O–H groups in total. The lowest BCUT2D eigenvalue weighted by atomic mass is 10.3. The third kappa shape index (κ3) is 3.42. The Bertz CT molecular complexity index is 648. The third-order valence-electron chi connectivity index (χ3n) is 2.24. The Morgan fingerprint density at radius 2 is 1.75 bits per heavy atom. The number of nitrogens with one attached hydrogen (secondary N) is 2. The Morgan fingerprint density at radius 1 is 1.10 bits per heavy atom. The highest BCUT2D eigenvalue weighted by molar-refractivity contribution is 6.44. The van der Waals surface area contributed by atoms with Crippen LogP contribution in [-0.2, 0) is 9.59 Å². The monoisotopic (exact) mass is 291 g/mol. The van der Waals surface area contributed by atoms with E-state index in [1.165, 1.54) is 24.5 Å². The maximum absolute atomic E-state index is 11.7. The van der Waals surface area contributed by atoms with E-state index in [-0.39, 0.29) is 16.7 Å². The Morgan fingerprint density at radius 3 is 2.40 bits per heavy atom. The van der Waals surface area contributed by atoms with Crippen molar-refractivity contribution in [2.24, 2.45) is 0 Å². The SMILES string of the molecule is Nc1ccc(NC(=O)C(=O)Nc2ncccn2)c(Cl)c1. The number of nitrogens with zero attached hydrogens (tertiary/aromatic N) is 2. The molecule has 2 aromatic rings. The summed E-state index contributed by atoms with van der Waals surface area (Å²) < 4.78 is 0. The summed E-state index contributed by atoms with van der Waals surface area (Å²) in [5.74, 6) is -1.75. The molecule has 0 saturated carbocycles. The van der Waals surface area contributed by atoms with Gasteiger partial charge in [-0.25, -0.2) is 9.97 Å². The first-order valence-corrected chi connectivity index (χ1v) is 5.88. The number of hydrogen-bond donors (Lipinski definition) is 3. The number of nitrogen functional groups attached to an aromatic ring is 1. The van der Waals surface area contributed by atoms with Crippen molar-refractivity contribution in [3.8, 4) is 0 Å². The molecule has 0 aliphatic heterocycles. The molecular weight excluding hydrogens is 282 g/mol. The molecule has 0 spiro atoms. The van der Waals surface area contributed by atoms with E-state index in [1.807, 2.05) is 0 Å². The molecule has 0 bridgehead atoms. The van der Waals surface area contributed by atoms with Crippen LogP contribution in [0.2, 0.25) is 5.02 Å². The van der Waals surface area contributed by atoms with Gasteiger partial charge in [0.1, 0.15) is 0 Å². The van der Waals surface area contributed by atoms with Crippen LogP contribution < -0.4 is 16.4 Å². The molecule has 7 nitrogen and oxygen atoms in total. The molecule has 0 unspecified atom stereocenters. The topological polar surface area (TPSA) is 110 Å². The lowest BCUT2D eigenvalue weighted by Crippen LogP contribution is -2.29. The number of benzene rings is 1. The third-order valence-corrected chi connectivity index (χ3v) is 2.55. The van der Waals surface area contributed by atoms with Crippen LogP contribution in [0.5, 0.6) is 0 Å². The van der Waals surface area contributed by atoms with E-state index in [1.54, 1.807) is 12.1 Å². The van der Waals surface area contributed by atoms with Gasteiger partial charge in [0.25, 0.3) is 0 Å². The number of amides is 2. The number of anilines is 3. The standard InChI is InChI=1S/C12H10ClN5O2/c13-8-6-7(14)2-3-9(8)17-10(19)11(20)18-12-15-4-1-5-16-12/h1-6H,14H2,(H,17,19)(H,15,16,18,20). The van der Waals surface area contributed by atoms with E-state index in [0.29, 0.717) is 5.69 Å². The first-order valence-electron chi connectivity index (χ1n) is 5.50. The number of hydrogen-bond acceptors (Lipinski definition) is 5. The second kappa shape index (κ2) is 5.98. The number of halogens is 1. The van der Waals surface area contributed by atoms with Crippen LogP contribution in [0.1, 0.15) is 0 Å². The van der Waals surface area contributed by atoms with Gasteiger partial charge in [-0.2, -0.15) is 0 Å². The van der Waals surface area contributed by atoms with Gasteiger partial charge in [0.05, 0.1) is 10.7 Å². The van der Waals surface area contributed by atoms with Crippen molar-refractivity contribution in [3.63, 3.8) is 0 Å². The molecule has 1 aromatic carbocycles. The molecule has 2 rings (SSSR count). The molecule has 0 atom stereocenters. The molecule has 0 radical (unpaired) electrons. The first kappa shape index (κ1) is 13.8. The minimum Gasteiger partial charge on any atom is -0.399 e. The van der Waals surface area contributed by atoms with Crippen molar-refractivity contribution in [1.29, 1.82) is 0 Å². The smallest absolute Gasteiger partial charge is 0.316 e. The quantitative estimate of drug-likeness (QED) is 0.570. The number of nitrogens with two attached hydrogens (primary N) is 1. The molecule has 0 saturated heterocycles. The van der Waals surface area contributed by atoms with E-state index in [2.05, 4.69) is 20.6 Å². The maximum atomic E-state index is 11.7. The number of carbonyl (C=O) groups is 2. The fourth-order valence-corrected chi connectivity index (χ4v) is 1.57. The van der Waals surface area contributed by atoms with Gasteiger partial charge in [0.15, 0.2) is 0 Å². The van der Waals surface area contributed by atoms with Crippen LogP contribution in [0.3, 0.4) is 0 Å². The molecule has 1 aromatic heterocycles. The van der Waals surface area contributed by atoms with Crippen molar-refractivity contribution in [1.82, 2.24) is 9.97 Å². The zero-order valence-electron chi connectivity index (χ0n) is 10.1. The van der Waals surface area contributed by atoms with Crippen molar-refractivity contribution in [2.45, 2.75) is 0 Å². The van der Waals surface area contributed by atoms with Gasteiger partial charge >= 0.3 is 11.8 Å². The van der Waals surface area contributed by atoms with E-state index in [0.717, 1.165) is 0 Å². The van der Waals surface area contributed by atoms with Gasteiger partial charge in [0, 0.05) is 18.1 Å². The molecule has 20 heavy (non-hydrogen) atoms. The van der Waals surface area contributed by atoms with Gasteiger partial charge in [-0.1, -0.05) is 11.6 Å². The lowest BCUT2D eigenvalue weighted by Gasteiger charge is -2.07. The minimum atomic E-state index is -0.899. The number of rotatable bonds is 2. The van der Waals surface area contributed by atoms with Gasteiger partial charge in [0.2, 0.25) is 5.95 Å². The highest BCUT2D eigenvalue weighted by Gasteiger charge is 2.16. The van der Waals surface area contributed by atoms with Crippen LogP contribution in [0, 0.1) is 0 Å². The van der Waals surface area contributed by atoms with Gasteiger partial charge in [-0.05, 0) is 24.3 Å². The molecule has 2 amide bonds. The van der Waals surface area contributed by atoms with Crippen LogP contribution in [0.25, 0.3) is 0 Å². The second-order valence-electron chi connectivity index (χ2n) is 3.72. The summed E-state index contributed by atoms with van der Waals surface area (Å²) in [6.07, 6.45) is 2.88. The average molecular weight is 292 g/mol. The van der Waals surface area contributed by atoms with Crippen LogP contribution in [0.15, 0.2) is 36.7 Å². The normalized spacial score (nSPS) is 9.85. The van der Waals surface area contributed by atoms with Gasteiger partial charge in [-0.15, -0.1) is 0 Å². The van der Waals surface area contributed by atoms with Crippen LogP contribution in [0.4, 0.5) is 17.3 Å². The zero-order chi connectivity index (χ0) is 14.5. The largest absolute Gasteiger partial charge is 0.399 e. The molecule has 0 fully saturated rings. The summed E-state index contributed by atoms with van der Waals surface area (Å²) in [6, 6.07) is 6.11. The van der Waals surface area contributed by atoms with Crippen molar-refractivity contribution < 1.29 is 9.59 Å². The molecule has 1 heterocycles. The Hall–Kier alpha value is -2.67. The molecule has 102 valence electrons. The van der Waals surface area contributed by atoms with Gasteiger partial charge < -0.3 is 11.1 Å². The van der Waals surface area contributed by atoms with Crippen molar-refractivity contribution in [3.05, 3.63) is 41.7 Å². The van der Waals surface area contributed by atoms with Gasteiger partial charge in [-0.3, -0.25) is 14.9 Å². The number of carbonyl (C=O) groups excluding carboxylic acids is 2. The summed E-state index contributed by atoms with van der Waals surface area (Å²) >= 11 is 5.89. The van der Waals surface area contributed by atoms with E-state index >= 15 is 0 Å². The molecule has 8 heteroatoms. The predicted molar refractivity (Wildman–Crippen MR) is 75.2 cm³/mol. The second-order valence-corrected chi connectivity index (χ2v) is 4.13. The predicted octanol–water partition coefficient (Wildman–Crippen LogP) is 1.29. The Balaban J connectivity index is 2.03. The summed E-state index contributed by atoms with van der Waals surface area (Å²) in [7, 11) is 0. The van der Waals surface area contributed by atoms with Crippen molar-refractivity contribution >= 4 is 40.7 Å². The fourth-order valence-electron chi connectivity index (χ4n) is 1.33. The van der Waals surface area contributed by atoms with Crippen LogP contribution in [-0.4, -0.2) is 21.8 Å². The molecule has 0 aliphatic rings. The zero-order valence-corrected chi connectivity index (χ0v) is 10.9. The summed E-state index contributed by atoms with van der Waals surface area (Å²) in [6.45, 7) is 0. The summed E-state index contributed by atoms with van der Waals surface area (Å²) in [4.78, 5) is 30.9. The number of aromatic nitrogens is 2. The molecule has 0 aliphatic carbocycles. The highest BCUT2D eigenvalue weighted by atomic mass is 35.5. The maximum Gasteiger partial charge on any atom is 0.316 e. The Kier molecular flexibility index (Phi) is 4.11. The summed E-state index contributed by atoms with van der Waals surface area (Å²) in [5.41, 5.74) is 6.27. The highest BCUT2D eigenvalue weighted by Crippen LogP contribution is 2.23.